The van der Waals surface area contributed by atoms with E-state index in [-0.39, 0.29) is 0 Å². The Hall–Kier alpha value is -1.57. The van der Waals surface area contributed by atoms with Crippen molar-refractivity contribution < 1.29 is 0 Å². The first kappa shape index (κ1) is 7.10. The molecule has 1 N–H and O–H groups in total. The average Bonchev–Trinajstić information content (AvgIpc) is 2.47. The summed E-state index contributed by atoms with van der Waals surface area (Å²) < 4.78 is 0. The lowest BCUT2D eigenvalue weighted by Gasteiger charge is -1.83. The molecule has 2 aromatic rings. The zero-order valence-corrected chi connectivity index (χ0v) is 6.91. The minimum absolute atomic E-state index is 0.915. The molecule has 0 bridgehead atoms. The third kappa shape index (κ3) is 1.11. The monoisotopic (exact) mass is 158 g/mol. The Balaban J connectivity index is 2.62. The van der Waals surface area contributed by atoms with Crippen LogP contribution in [0.4, 0.5) is 5.82 Å². The molecule has 2 nitrogen and oxygen atoms in total. The lowest BCUT2D eigenvalue weighted by molar-refractivity contribution is 1.38. The number of benzene rings is 1. The summed E-state index contributed by atoms with van der Waals surface area (Å²) in [5, 5.41) is 1.21. The van der Waals surface area contributed by atoms with Gasteiger partial charge in [-0.15, -0.1) is 0 Å². The number of rotatable bonds is 1. The number of nitrogens with zero attached hydrogens (tertiary/aromatic N) is 1. The summed E-state index contributed by atoms with van der Waals surface area (Å²) in [6.07, 6.45) is 1.78. The molecule has 60 valence electrons. The van der Waals surface area contributed by atoms with Gasteiger partial charge >= 0.3 is 0 Å². The van der Waals surface area contributed by atoms with E-state index in [2.05, 4.69) is 16.0 Å². The maximum atomic E-state index is 4.16. The summed E-state index contributed by atoms with van der Waals surface area (Å²) in [6, 6.07) is 10.2. The SMILES string of the molecule is CC=Nc1cc2ccccc2[nH]1. The molecule has 0 amide bonds. The number of aromatic amines is 1. The minimum Gasteiger partial charge on any atom is -0.340 e. The van der Waals surface area contributed by atoms with E-state index >= 15 is 0 Å². The normalized spacial score (nSPS) is 11.4. The van der Waals surface area contributed by atoms with E-state index < -0.39 is 0 Å². The van der Waals surface area contributed by atoms with Crippen molar-refractivity contribution in [1.82, 2.24) is 4.98 Å². The summed E-state index contributed by atoms with van der Waals surface area (Å²) in [5.74, 6) is 0.915. The van der Waals surface area contributed by atoms with Crippen LogP contribution in [-0.2, 0) is 0 Å². The molecule has 2 heteroatoms. The highest BCUT2D eigenvalue weighted by molar-refractivity contribution is 5.83. The number of hydrogen-bond acceptors (Lipinski definition) is 1. The van der Waals surface area contributed by atoms with Crippen LogP contribution in [-0.4, -0.2) is 11.2 Å². The van der Waals surface area contributed by atoms with Crippen LogP contribution in [0.25, 0.3) is 10.9 Å². The predicted octanol–water partition coefficient (Wildman–Crippen LogP) is 2.89. The molecule has 1 aromatic heterocycles. The molecule has 0 radical (unpaired) electrons. The van der Waals surface area contributed by atoms with E-state index in [0.29, 0.717) is 0 Å². The molecule has 0 saturated carbocycles. The predicted molar refractivity (Wildman–Crippen MR) is 52.1 cm³/mol. The largest absolute Gasteiger partial charge is 0.340 e. The standard InChI is InChI=1S/C10H10N2/c1-2-11-10-7-8-5-3-4-6-9(8)12-10/h2-7,12H,1H3. The molecule has 0 fully saturated rings. The van der Waals surface area contributed by atoms with Crippen molar-refractivity contribution in [3.63, 3.8) is 0 Å². The second-order valence-electron chi connectivity index (χ2n) is 2.63. The van der Waals surface area contributed by atoms with Crippen molar-refractivity contribution in [2.24, 2.45) is 4.99 Å². The van der Waals surface area contributed by atoms with E-state index in [9.17, 15) is 0 Å². The molecule has 0 aliphatic heterocycles. The summed E-state index contributed by atoms with van der Waals surface area (Å²) in [6.45, 7) is 1.91. The number of nitrogens with one attached hydrogen (secondary N) is 1. The van der Waals surface area contributed by atoms with E-state index in [1.807, 2.05) is 31.2 Å². The van der Waals surface area contributed by atoms with Crippen LogP contribution in [0.15, 0.2) is 35.3 Å². The number of aliphatic imine (C=N–C) groups is 1. The number of H-pyrrole nitrogens is 1. The smallest absolute Gasteiger partial charge is 0.130 e. The van der Waals surface area contributed by atoms with Crippen molar-refractivity contribution in [3.8, 4) is 0 Å². The first-order valence-electron chi connectivity index (χ1n) is 3.96. The summed E-state index contributed by atoms with van der Waals surface area (Å²) in [7, 11) is 0. The maximum Gasteiger partial charge on any atom is 0.130 e. The molecule has 0 spiro atoms. The van der Waals surface area contributed by atoms with Crippen LogP contribution in [0.2, 0.25) is 0 Å². The van der Waals surface area contributed by atoms with Crippen LogP contribution in [0.3, 0.4) is 0 Å². The Bertz CT molecular complexity index is 379. The third-order valence-corrected chi connectivity index (χ3v) is 1.78. The Morgan fingerprint density at radius 1 is 1.33 bits per heavy atom. The van der Waals surface area contributed by atoms with Crippen LogP contribution in [0.5, 0.6) is 0 Å². The summed E-state index contributed by atoms with van der Waals surface area (Å²) in [4.78, 5) is 7.36. The number of aromatic nitrogens is 1. The van der Waals surface area contributed by atoms with E-state index in [0.717, 1.165) is 11.3 Å². The Kier molecular flexibility index (Phi) is 1.67. The van der Waals surface area contributed by atoms with Crippen molar-refractivity contribution in [2.75, 3.05) is 0 Å². The van der Waals surface area contributed by atoms with Crippen LogP contribution < -0.4 is 0 Å². The Labute approximate surface area is 70.9 Å². The molecule has 0 unspecified atom stereocenters. The fourth-order valence-corrected chi connectivity index (χ4v) is 1.27. The van der Waals surface area contributed by atoms with Gasteiger partial charge in [0.2, 0.25) is 0 Å². The molecule has 2 rings (SSSR count). The lowest BCUT2D eigenvalue weighted by atomic mass is 10.2. The van der Waals surface area contributed by atoms with Gasteiger partial charge in [0.1, 0.15) is 5.82 Å². The van der Waals surface area contributed by atoms with Gasteiger partial charge in [-0.2, -0.15) is 0 Å². The zero-order chi connectivity index (χ0) is 8.39. The van der Waals surface area contributed by atoms with E-state index in [4.69, 9.17) is 0 Å². The highest BCUT2D eigenvalue weighted by Crippen LogP contribution is 2.19. The highest BCUT2D eigenvalue weighted by atomic mass is 14.9. The third-order valence-electron chi connectivity index (χ3n) is 1.78. The molecule has 12 heavy (non-hydrogen) atoms. The topological polar surface area (TPSA) is 28.1 Å². The number of hydrogen-bond donors (Lipinski definition) is 1. The van der Waals surface area contributed by atoms with Crippen molar-refractivity contribution in [1.29, 1.82) is 0 Å². The minimum atomic E-state index is 0.915. The number of para-hydroxylation sites is 1. The second kappa shape index (κ2) is 2.81. The zero-order valence-electron chi connectivity index (χ0n) is 6.91. The van der Waals surface area contributed by atoms with Crippen LogP contribution >= 0.6 is 0 Å². The quantitative estimate of drug-likeness (QED) is 0.618. The lowest BCUT2D eigenvalue weighted by Crippen LogP contribution is -1.64. The first-order chi connectivity index (χ1) is 5.90. The highest BCUT2D eigenvalue weighted by Gasteiger charge is 1.95. The number of fused-ring (bicyclic) bond motifs is 1. The van der Waals surface area contributed by atoms with Gasteiger partial charge in [-0.1, -0.05) is 18.2 Å². The molecule has 0 saturated heterocycles. The molecule has 1 aromatic carbocycles. The van der Waals surface area contributed by atoms with E-state index in [1.165, 1.54) is 5.39 Å². The fourth-order valence-electron chi connectivity index (χ4n) is 1.27. The van der Waals surface area contributed by atoms with Gasteiger partial charge in [0, 0.05) is 17.1 Å². The Morgan fingerprint density at radius 3 is 2.92 bits per heavy atom. The summed E-state index contributed by atoms with van der Waals surface area (Å²) >= 11 is 0. The Morgan fingerprint density at radius 2 is 2.17 bits per heavy atom. The fraction of sp³-hybridized carbons (Fsp3) is 0.100. The second-order valence-corrected chi connectivity index (χ2v) is 2.63. The van der Waals surface area contributed by atoms with Crippen molar-refractivity contribution in [2.45, 2.75) is 6.92 Å². The summed E-state index contributed by atoms with van der Waals surface area (Å²) in [5.41, 5.74) is 1.14. The van der Waals surface area contributed by atoms with Crippen LogP contribution in [0.1, 0.15) is 6.92 Å². The van der Waals surface area contributed by atoms with E-state index in [1.54, 1.807) is 6.21 Å². The first-order valence-corrected chi connectivity index (χ1v) is 3.96. The van der Waals surface area contributed by atoms with Gasteiger partial charge in [-0.25, -0.2) is 4.99 Å². The molecule has 0 aliphatic rings. The molecule has 0 aliphatic carbocycles. The molecule has 1 heterocycles. The molecule has 0 atom stereocenters. The van der Waals surface area contributed by atoms with Crippen molar-refractivity contribution in [3.05, 3.63) is 30.3 Å². The van der Waals surface area contributed by atoms with Crippen LogP contribution in [0, 0.1) is 0 Å². The van der Waals surface area contributed by atoms with Gasteiger partial charge in [0.25, 0.3) is 0 Å². The van der Waals surface area contributed by atoms with Gasteiger partial charge in [-0.3, -0.25) is 0 Å². The van der Waals surface area contributed by atoms with Gasteiger partial charge < -0.3 is 4.98 Å². The average molecular weight is 158 g/mol. The van der Waals surface area contributed by atoms with Gasteiger partial charge in [0.05, 0.1) is 0 Å². The van der Waals surface area contributed by atoms with Gasteiger partial charge in [0.15, 0.2) is 0 Å². The van der Waals surface area contributed by atoms with Gasteiger partial charge in [-0.05, 0) is 19.1 Å². The maximum absolute atomic E-state index is 4.16. The molecular weight excluding hydrogens is 148 g/mol. The molecular formula is C10H10N2. The van der Waals surface area contributed by atoms with Crippen molar-refractivity contribution >= 4 is 22.9 Å².